The Morgan fingerprint density at radius 3 is 2.03 bits per heavy atom. The van der Waals surface area contributed by atoms with Crippen LogP contribution in [0.1, 0.15) is 19.4 Å². The molecule has 0 saturated carbocycles. The van der Waals surface area contributed by atoms with Crippen molar-refractivity contribution in [1.29, 1.82) is 0 Å². The molecule has 32 heavy (non-hydrogen) atoms. The molecule has 2 saturated heterocycles. The highest BCUT2D eigenvalue weighted by Gasteiger charge is 2.41. The van der Waals surface area contributed by atoms with Crippen LogP contribution in [0, 0.1) is 0 Å². The average Bonchev–Trinajstić information content (AvgIpc) is 3.29. The second-order valence-corrected chi connectivity index (χ2v) is 7.24. The molecule has 2 fully saturated rings. The minimum atomic E-state index is -5.08. The molecule has 8 nitrogen and oxygen atoms in total. The molecule has 0 spiro atoms. The number of hydrogen-bond acceptors (Lipinski definition) is 6. The first-order valence-corrected chi connectivity index (χ1v) is 9.34. The first kappa shape index (κ1) is 27.7. The van der Waals surface area contributed by atoms with Gasteiger partial charge in [-0.05, 0) is 19.9 Å². The number of ether oxygens (including phenoxy) is 1. The molecule has 0 amide bonds. The zero-order valence-corrected chi connectivity index (χ0v) is 17.2. The molecule has 3 rings (SSSR count). The van der Waals surface area contributed by atoms with E-state index in [4.69, 9.17) is 29.0 Å². The fourth-order valence-electron chi connectivity index (χ4n) is 3.20. The Bertz CT molecular complexity index is 699. The van der Waals surface area contributed by atoms with Gasteiger partial charge in [-0.2, -0.15) is 26.3 Å². The Labute approximate surface area is 179 Å². The summed E-state index contributed by atoms with van der Waals surface area (Å²) in [4.78, 5) is 22.9. The van der Waals surface area contributed by atoms with Crippen molar-refractivity contribution in [2.75, 3.05) is 26.2 Å². The summed E-state index contributed by atoms with van der Waals surface area (Å²) in [6.07, 6.45) is -6.20. The molecule has 14 heteroatoms. The Hall–Kier alpha value is -2.32. The van der Waals surface area contributed by atoms with Gasteiger partial charge >= 0.3 is 24.3 Å². The number of carbonyl (C=O) groups is 2. The number of morpholine rings is 1. The third-order valence-corrected chi connectivity index (χ3v) is 4.55. The third kappa shape index (κ3) is 9.04. The average molecular weight is 478 g/mol. The molecule has 0 aromatic carbocycles. The lowest BCUT2D eigenvalue weighted by atomic mass is 10.1. The number of carboxylic acids is 2. The zero-order valence-electron chi connectivity index (χ0n) is 17.2. The van der Waals surface area contributed by atoms with E-state index in [1.165, 1.54) is 5.56 Å². The summed E-state index contributed by atoms with van der Waals surface area (Å²) >= 11 is 0. The van der Waals surface area contributed by atoms with E-state index in [0.29, 0.717) is 18.2 Å². The predicted octanol–water partition coefficient (Wildman–Crippen LogP) is 2.84. The fraction of sp³-hybridized carbons (Fsp3) is 0.667. The van der Waals surface area contributed by atoms with Crippen LogP contribution < -0.4 is 0 Å². The van der Waals surface area contributed by atoms with Gasteiger partial charge in [-0.15, -0.1) is 0 Å². The smallest absolute Gasteiger partial charge is 0.475 e. The minimum Gasteiger partial charge on any atom is -0.475 e. The molecule has 1 aromatic rings. The van der Waals surface area contributed by atoms with Gasteiger partial charge in [0.15, 0.2) is 0 Å². The minimum absolute atomic E-state index is 0.382. The van der Waals surface area contributed by atoms with E-state index in [2.05, 4.69) is 23.6 Å². The second-order valence-electron chi connectivity index (χ2n) is 7.24. The van der Waals surface area contributed by atoms with E-state index in [0.717, 1.165) is 32.8 Å². The molecule has 2 N–H and O–H groups in total. The van der Waals surface area contributed by atoms with Crippen LogP contribution in [0.5, 0.6) is 0 Å². The normalized spacial score (nSPS) is 21.8. The Balaban J connectivity index is 0.000000305. The molecule has 0 unspecified atom stereocenters. The van der Waals surface area contributed by atoms with Crippen molar-refractivity contribution in [1.82, 2.24) is 9.80 Å². The van der Waals surface area contributed by atoms with Crippen molar-refractivity contribution < 1.29 is 55.3 Å². The number of alkyl halides is 6. The topological polar surface area (TPSA) is 103 Å². The molecule has 0 radical (unpaired) electrons. The van der Waals surface area contributed by atoms with Crippen molar-refractivity contribution in [3.05, 3.63) is 24.2 Å². The maximum absolute atomic E-state index is 10.6. The van der Waals surface area contributed by atoms with E-state index >= 15 is 0 Å². The standard InChI is InChI=1S/C14H22N2O2.2C2HF3O2/c1-11(2)16-4-6-18-14-9-15(8-13(14)16)7-12-3-5-17-10-12;2*3-2(4,5)1(6)7/h3,5,10-11,13-14H,4,6-9H2,1-2H3;2*(H,6,7)/t13-,14+;;/m1../s1. The zero-order chi connectivity index (χ0) is 24.7. The van der Waals surface area contributed by atoms with Gasteiger partial charge in [0.1, 0.15) is 0 Å². The van der Waals surface area contributed by atoms with Gasteiger partial charge in [-0.25, -0.2) is 9.59 Å². The van der Waals surface area contributed by atoms with Crippen molar-refractivity contribution in [3.63, 3.8) is 0 Å². The van der Waals surface area contributed by atoms with Gasteiger partial charge in [0, 0.05) is 37.8 Å². The van der Waals surface area contributed by atoms with Crippen LogP contribution in [0.25, 0.3) is 0 Å². The van der Waals surface area contributed by atoms with E-state index in [9.17, 15) is 26.3 Å². The summed E-state index contributed by atoms with van der Waals surface area (Å²) < 4.78 is 74.5. The summed E-state index contributed by atoms with van der Waals surface area (Å²) in [5.41, 5.74) is 1.25. The third-order valence-electron chi connectivity index (χ3n) is 4.55. The lowest BCUT2D eigenvalue weighted by molar-refractivity contribution is -0.193. The van der Waals surface area contributed by atoms with E-state index in [1.54, 1.807) is 6.26 Å². The lowest BCUT2D eigenvalue weighted by Gasteiger charge is -2.39. The molecule has 2 atom stereocenters. The van der Waals surface area contributed by atoms with Gasteiger partial charge in [-0.3, -0.25) is 9.80 Å². The molecule has 2 aliphatic rings. The Kier molecular flexibility index (Phi) is 9.97. The Morgan fingerprint density at radius 1 is 1.09 bits per heavy atom. The van der Waals surface area contributed by atoms with Crippen molar-refractivity contribution in [2.45, 2.75) is 50.9 Å². The SMILES string of the molecule is CC(C)N1CCO[C@H]2CN(Cc3ccoc3)C[C@H]21.O=C(O)C(F)(F)F.O=C(O)C(F)(F)F. The molecule has 2 aliphatic heterocycles. The molecule has 1 aromatic heterocycles. The number of halogens is 6. The van der Waals surface area contributed by atoms with Crippen LogP contribution in [0.4, 0.5) is 26.3 Å². The first-order valence-electron chi connectivity index (χ1n) is 9.34. The molecule has 0 aliphatic carbocycles. The fourth-order valence-corrected chi connectivity index (χ4v) is 3.20. The summed E-state index contributed by atoms with van der Waals surface area (Å²) in [5, 5.41) is 14.2. The molecule has 184 valence electrons. The number of carboxylic acid groups (broad SMARTS) is 2. The second kappa shape index (κ2) is 11.5. The van der Waals surface area contributed by atoms with Crippen LogP contribution in [0.2, 0.25) is 0 Å². The van der Waals surface area contributed by atoms with Gasteiger partial charge in [0.2, 0.25) is 0 Å². The summed E-state index contributed by atoms with van der Waals surface area (Å²) in [6, 6.07) is 3.21. The number of aliphatic carboxylic acids is 2. The van der Waals surface area contributed by atoms with Crippen molar-refractivity contribution in [2.24, 2.45) is 0 Å². The van der Waals surface area contributed by atoms with Crippen LogP contribution in [0.15, 0.2) is 23.0 Å². The molecular formula is C18H24F6N2O6. The van der Waals surface area contributed by atoms with Gasteiger partial charge in [-0.1, -0.05) is 0 Å². The number of furan rings is 1. The van der Waals surface area contributed by atoms with E-state index < -0.39 is 24.3 Å². The van der Waals surface area contributed by atoms with Crippen molar-refractivity contribution >= 4 is 11.9 Å². The van der Waals surface area contributed by atoms with Gasteiger partial charge in [0.25, 0.3) is 0 Å². The maximum Gasteiger partial charge on any atom is 0.490 e. The highest BCUT2D eigenvalue weighted by Crippen LogP contribution is 2.25. The highest BCUT2D eigenvalue weighted by molar-refractivity contribution is 5.73. The van der Waals surface area contributed by atoms with Gasteiger partial charge in [0.05, 0.1) is 31.3 Å². The van der Waals surface area contributed by atoms with Crippen LogP contribution in [-0.2, 0) is 20.9 Å². The lowest BCUT2D eigenvalue weighted by Crippen LogP contribution is -2.53. The number of hydrogen-bond donors (Lipinski definition) is 2. The number of nitrogens with zero attached hydrogens (tertiary/aromatic N) is 2. The molecule has 3 heterocycles. The predicted molar refractivity (Wildman–Crippen MR) is 96.7 cm³/mol. The van der Waals surface area contributed by atoms with E-state index in [1.807, 2.05) is 12.3 Å². The number of fused-ring (bicyclic) bond motifs is 1. The van der Waals surface area contributed by atoms with Gasteiger partial charge < -0.3 is 19.4 Å². The van der Waals surface area contributed by atoms with Crippen LogP contribution in [0.3, 0.4) is 0 Å². The van der Waals surface area contributed by atoms with Crippen molar-refractivity contribution in [3.8, 4) is 0 Å². The molecule has 0 bridgehead atoms. The summed E-state index contributed by atoms with van der Waals surface area (Å²) in [7, 11) is 0. The summed E-state index contributed by atoms with van der Waals surface area (Å²) in [5.74, 6) is -5.51. The molecular weight excluding hydrogens is 454 g/mol. The quantitative estimate of drug-likeness (QED) is 0.640. The largest absolute Gasteiger partial charge is 0.490 e. The highest BCUT2D eigenvalue weighted by atomic mass is 19.4. The first-order chi connectivity index (χ1) is 14.6. The maximum atomic E-state index is 10.6. The summed E-state index contributed by atoms with van der Waals surface area (Å²) in [6.45, 7) is 9.62. The van der Waals surface area contributed by atoms with Crippen LogP contribution in [-0.4, -0.2) is 88.7 Å². The monoisotopic (exact) mass is 478 g/mol. The number of likely N-dealkylation sites (tertiary alicyclic amines) is 1. The van der Waals surface area contributed by atoms with Crippen LogP contribution >= 0.6 is 0 Å². The van der Waals surface area contributed by atoms with E-state index in [-0.39, 0.29) is 0 Å². The number of rotatable bonds is 3. The Morgan fingerprint density at radius 2 is 1.62 bits per heavy atom.